The third kappa shape index (κ3) is 4.60. The van der Waals surface area contributed by atoms with E-state index in [-0.39, 0.29) is 30.9 Å². The first kappa shape index (κ1) is 26.6. The molecule has 0 aliphatic heterocycles. The van der Waals surface area contributed by atoms with Gasteiger partial charge in [0.1, 0.15) is 0 Å². The van der Waals surface area contributed by atoms with Gasteiger partial charge < -0.3 is 24.8 Å². The fourth-order valence-electron chi connectivity index (χ4n) is 5.40. The number of hydrogen-bond acceptors (Lipinski definition) is 1. The Morgan fingerprint density at radius 3 is 1.91 bits per heavy atom. The first-order valence-corrected chi connectivity index (χ1v) is 12.0. The van der Waals surface area contributed by atoms with Gasteiger partial charge in [-0.05, 0) is 0 Å². The summed E-state index contributed by atoms with van der Waals surface area (Å²) >= 11 is 2.23. The zero-order chi connectivity index (χ0) is 22.4. The Balaban J connectivity index is 0.00000162. The molecular weight excluding hydrogens is 493 g/mol. The minimum absolute atomic E-state index is 0. The number of hydrogen-bond donors (Lipinski definition) is 0. The Kier molecular flexibility index (Phi) is 8.37. The van der Waals surface area contributed by atoms with E-state index in [4.69, 9.17) is 0 Å². The quantitative estimate of drug-likeness (QED) is 0.327. The average molecular weight is 521 g/mol. The van der Waals surface area contributed by atoms with Crippen molar-refractivity contribution >= 4 is 5.69 Å². The number of nitrogens with zero attached hydrogens (tertiary/aromatic N) is 1. The molecule has 1 aliphatic rings. The van der Waals surface area contributed by atoms with E-state index < -0.39 is 0 Å². The Morgan fingerprint density at radius 2 is 1.24 bits per heavy atom. The van der Waals surface area contributed by atoms with Crippen LogP contribution in [-0.4, -0.2) is 0 Å². The predicted molar refractivity (Wildman–Crippen MR) is 132 cm³/mol. The molecule has 0 amide bonds. The van der Waals surface area contributed by atoms with Crippen LogP contribution in [0.5, 0.6) is 0 Å². The van der Waals surface area contributed by atoms with E-state index >= 15 is 0 Å². The van der Waals surface area contributed by atoms with Crippen molar-refractivity contribution in [1.82, 2.24) is 0 Å². The van der Waals surface area contributed by atoms with Crippen molar-refractivity contribution in [3.8, 4) is 22.3 Å². The van der Waals surface area contributed by atoms with E-state index in [0.717, 1.165) is 6.42 Å². The van der Waals surface area contributed by atoms with Crippen molar-refractivity contribution in [1.29, 1.82) is 0 Å². The molecule has 34 heavy (non-hydrogen) atoms. The summed E-state index contributed by atoms with van der Waals surface area (Å²) in [6.45, 7) is 8.96. The summed E-state index contributed by atoms with van der Waals surface area (Å²) in [6.07, 6.45) is 1.01. The standard InChI is InChI=1S/C30H28N.2ClH.Ti/c1-19-16-20(2)30(21(3)17-19)31-22(4)24-11-7-8-13-26(24)28-15-9-14-27-25-12-6-5-10-23(25)18-29(27)28;;;/h5-17,22H,18H2,1-4H3;2*1H;/q-1;;;+3/p-2. The van der Waals surface area contributed by atoms with E-state index in [9.17, 15) is 0 Å². The molecule has 1 nitrogen and oxygen atoms in total. The van der Waals surface area contributed by atoms with Crippen molar-refractivity contribution in [2.24, 2.45) is 0 Å². The molecule has 4 heteroatoms. The van der Waals surface area contributed by atoms with Crippen LogP contribution in [0, 0.1) is 20.8 Å². The van der Waals surface area contributed by atoms with Gasteiger partial charge in [-0.2, -0.15) is 0 Å². The second-order valence-electron chi connectivity index (χ2n) is 9.05. The average Bonchev–Trinajstić information content (AvgIpc) is 3.17. The van der Waals surface area contributed by atoms with Crippen LogP contribution in [0.1, 0.15) is 46.3 Å². The molecule has 0 aromatic heterocycles. The van der Waals surface area contributed by atoms with Crippen LogP contribution in [0.4, 0.5) is 5.69 Å². The number of benzene rings is 4. The molecular formula is C30H28Cl2NTi. The SMILES string of the molecule is Cc1cc(C)c([N]([Ti+2])C(C)c2ccccc2-c2cccc3c2Cc2ccccc2-3)c(C)c1.[Cl-].[Cl-]. The summed E-state index contributed by atoms with van der Waals surface area (Å²) < 4.78 is 2.45. The second kappa shape index (κ2) is 10.7. The van der Waals surface area contributed by atoms with Gasteiger partial charge in [-0.15, -0.1) is 0 Å². The molecule has 1 aliphatic carbocycles. The van der Waals surface area contributed by atoms with Gasteiger partial charge in [0.15, 0.2) is 0 Å². The van der Waals surface area contributed by atoms with Gasteiger partial charge in [-0.25, -0.2) is 0 Å². The van der Waals surface area contributed by atoms with Gasteiger partial charge in [0.05, 0.1) is 0 Å². The maximum Gasteiger partial charge on any atom is -1.00 e. The number of rotatable bonds is 4. The Bertz CT molecular complexity index is 1310. The van der Waals surface area contributed by atoms with Crippen LogP contribution in [0.25, 0.3) is 22.3 Å². The largest absolute Gasteiger partial charge is 1.00 e. The number of aryl methyl sites for hydroxylation is 3. The second-order valence-corrected chi connectivity index (χ2v) is 9.80. The van der Waals surface area contributed by atoms with Crippen LogP contribution in [0.15, 0.2) is 78.9 Å². The molecule has 0 saturated carbocycles. The van der Waals surface area contributed by atoms with Crippen LogP contribution in [0.2, 0.25) is 0 Å². The van der Waals surface area contributed by atoms with Gasteiger partial charge in [0.25, 0.3) is 0 Å². The van der Waals surface area contributed by atoms with E-state index in [1.54, 1.807) is 0 Å². The maximum absolute atomic E-state index is 2.45. The van der Waals surface area contributed by atoms with Crippen molar-refractivity contribution in [3.05, 3.63) is 112 Å². The first-order valence-electron chi connectivity index (χ1n) is 11.3. The molecule has 0 saturated heterocycles. The van der Waals surface area contributed by atoms with Crippen molar-refractivity contribution < 1.29 is 45.5 Å². The number of halogens is 2. The Morgan fingerprint density at radius 1 is 0.706 bits per heavy atom. The van der Waals surface area contributed by atoms with E-state index in [1.807, 2.05) is 0 Å². The van der Waals surface area contributed by atoms with Crippen molar-refractivity contribution in [3.63, 3.8) is 0 Å². The molecule has 5 rings (SSSR count). The minimum atomic E-state index is 0. The molecule has 1 atom stereocenters. The molecule has 0 spiro atoms. The molecule has 1 unspecified atom stereocenters. The molecule has 4 aromatic rings. The zero-order valence-electron chi connectivity index (χ0n) is 20.0. The van der Waals surface area contributed by atoms with Gasteiger partial charge in [-0.1, -0.05) is 0 Å². The van der Waals surface area contributed by atoms with Gasteiger partial charge >= 0.3 is 204 Å². The van der Waals surface area contributed by atoms with E-state index in [2.05, 4.69) is 131 Å². The Hall–Kier alpha value is -2.03. The summed E-state index contributed by atoms with van der Waals surface area (Å²) in [5.41, 5.74) is 15.1. The summed E-state index contributed by atoms with van der Waals surface area (Å²) in [4.78, 5) is 0. The summed E-state index contributed by atoms with van der Waals surface area (Å²) in [6, 6.07) is 29.4. The molecule has 4 aromatic carbocycles. The van der Waals surface area contributed by atoms with Gasteiger partial charge in [0.2, 0.25) is 0 Å². The van der Waals surface area contributed by atoms with Gasteiger partial charge in [0, 0.05) is 0 Å². The minimum Gasteiger partial charge on any atom is -1.00 e. The molecule has 0 fully saturated rings. The topological polar surface area (TPSA) is 3.24 Å². The number of anilines is 1. The van der Waals surface area contributed by atoms with E-state index in [0.29, 0.717) is 0 Å². The van der Waals surface area contributed by atoms with Gasteiger partial charge in [-0.3, -0.25) is 0 Å². The third-order valence-electron chi connectivity index (χ3n) is 6.82. The predicted octanol–water partition coefficient (Wildman–Crippen LogP) is 1.89. The molecule has 0 bridgehead atoms. The first-order chi connectivity index (χ1) is 15.5. The summed E-state index contributed by atoms with van der Waals surface area (Å²) in [5, 5.41) is 0. The normalized spacial score (nSPS) is 12.2. The summed E-state index contributed by atoms with van der Waals surface area (Å²) in [7, 11) is 0. The maximum atomic E-state index is 2.45. The molecule has 0 heterocycles. The number of fused-ring (bicyclic) bond motifs is 3. The molecule has 171 valence electrons. The monoisotopic (exact) mass is 520 g/mol. The van der Waals surface area contributed by atoms with Crippen LogP contribution >= 0.6 is 0 Å². The molecule has 0 N–H and O–H groups in total. The fraction of sp³-hybridized carbons (Fsp3) is 0.200. The van der Waals surface area contributed by atoms with Crippen LogP contribution in [0.3, 0.4) is 0 Å². The smallest absolute Gasteiger partial charge is 1.00 e. The fourth-order valence-corrected chi connectivity index (χ4v) is 6.17. The van der Waals surface area contributed by atoms with Crippen LogP contribution in [-0.2, 0) is 27.1 Å². The zero-order valence-corrected chi connectivity index (χ0v) is 23.1. The van der Waals surface area contributed by atoms with E-state index in [1.165, 1.54) is 61.3 Å². The van der Waals surface area contributed by atoms with Crippen molar-refractivity contribution in [2.75, 3.05) is 3.38 Å². The third-order valence-corrected chi connectivity index (χ3v) is 7.77. The van der Waals surface area contributed by atoms with Crippen LogP contribution < -0.4 is 28.2 Å². The molecule has 0 radical (unpaired) electrons. The van der Waals surface area contributed by atoms with Crippen molar-refractivity contribution in [2.45, 2.75) is 40.2 Å². The summed E-state index contributed by atoms with van der Waals surface area (Å²) in [5.74, 6) is 0. The Labute approximate surface area is 228 Å².